The van der Waals surface area contributed by atoms with Crippen molar-refractivity contribution in [3.63, 3.8) is 0 Å². The van der Waals surface area contributed by atoms with E-state index >= 15 is 0 Å². The molecular formula is C22H25FN2O3. The molecule has 0 aliphatic carbocycles. The van der Waals surface area contributed by atoms with Crippen LogP contribution in [0.15, 0.2) is 48.5 Å². The Balaban J connectivity index is 1.56. The smallest absolute Gasteiger partial charge is 0.257 e. The molecule has 1 heterocycles. The molecule has 3 rings (SSSR count). The van der Waals surface area contributed by atoms with Gasteiger partial charge >= 0.3 is 0 Å². The highest BCUT2D eigenvalue weighted by atomic mass is 19.1. The Morgan fingerprint density at radius 1 is 1.00 bits per heavy atom. The number of benzene rings is 2. The van der Waals surface area contributed by atoms with E-state index in [4.69, 9.17) is 4.74 Å². The number of rotatable bonds is 5. The lowest BCUT2D eigenvalue weighted by Gasteiger charge is -2.36. The van der Waals surface area contributed by atoms with Crippen LogP contribution in [0.2, 0.25) is 0 Å². The van der Waals surface area contributed by atoms with Crippen LogP contribution in [0.4, 0.5) is 4.39 Å². The molecule has 1 atom stereocenters. The van der Waals surface area contributed by atoms with Crippen LogP contribution >= 0.6 is 0 Å². The van der Waals surface area contributed by atoms with Crippen LogP contribution in [0.25, 0.3) is 0 Å². The summed E-state index contributed by atoms with van der Waals surface area (Å²) in [5, 5.41) is 0. The number of hydrogen-bond donors (Lipinski definition) is 0. The fourth-order valence-corrected chi connectivity index (χ4v) is 3.49. The first-order chi connectivity index (χ1) is 13.5. The number of para-hydroxylation sites is 1. The molecule has 1 unspecified atom stereocenters. The lowest BCUT2D eigenvalue weighted by molar-refractivity contribution is -0.136. The van der Waals surface area contributed by atoms with Crippen molar-refractivity contribution in [2.45, 2.75) is 13.3 Å². The minimum Gasteiger partial charge on any atom is -0.496 e. The van der Waals surface area contributed by atoms with Gasteiger partial charge in [0.05, 0.1) is 12.7 Å². The van der Waals surface area contributed by atoms with Crippen LogP contribution in [-0.2, 0) is 11.2 Å². The molecule has 0 N–H and O–H groups in total. The number of nitrogens with zero attached hydrogens (tertiary/aromatic N) is 2. The average Bonchev–Trinajstić information content (AvgIpc) is 2.74. The number of carbonyl (C=O) groups is 2. The Bertz CT molecular complexity index is 830. The first-order valence-electron chi connectivity index (χ1n) is 9.45. The quantitative estimate of drug-likeness (QED) is 0.796. The average molecular weight is 384 g/mol. The topological polar surface area (TPSA) is 49.9 Å². The fraction of sp³-hybridized carbons (Fsp3) is 0.364. The van der Waals surface area contributed by atoms with Crippen LogP contribution in [0.3, 0.4) is 0 Å². The first kappa shape index (κ1) is 19.9. The van der Waals surface area contributed by atoms with Gasteiger partial charge in [0, 0.05) is 32.1 Å². The van der Waals surface area contributed by atoms with Crippen LogP contribution in [0.1, 0.15) is 22.8 Å². The predicted molar refractivity (Wildman–Crippen MR) is 105 cm³/mol. The zero-order chi connectivity index (χ0) is 20.1. The summed E-state index contributed by atoms with van der Waals surface area (Å²) in [6.45, 7) is 3.89. The second-order valence-electron chi connectivity index (χ2n) is 7.05. The molecule has 1 aliphatic rings. The molecule has 6 heteroatoms. The number of carbonyl (C=O) groups excluding carboxylic acids is 2. The fourth-order valence-electron chi connectivity index (χ4n) is 3.49. The molecule has 2 amide bonds. The van der Waals surface area contributed by atoms with Gasteiger partial charge in [0.15, 0.2) is 0 Å². The zero-order valence-electron chi connectivity index (χ0n) is 16.2. The van der Waals surface area contributed by atoms with Crippen molar-refractivity contribution in [2.75, 3.05) is 33.3 Å². The minimum absolute atomic E-state index is 0.0636. The van der Waals surface area contributed by atoms with Crippen molar-refractivity contribution in [3.8, 4) is 5.75 Å². The lowest BCUT2D eigenvalue weighted by atomic mass is 9.99. The van der Waals surface area contributed by atoms with Crippen molar-refractivity contribution in [1.29, 1.82) is 0 Å². The zero-order valence-corrected chi connectivity index (χ0v) is 16.2. The second-order valence-corrected chi connectivity index (χ2v) is 7.05. The van der Waals surface area contributed by atoms with Crippen LogP contribution < -0.4 is 4.74 Å². The van der Waals surface area contributed by atoms with E-state index in [9.17, 15) is 14.0 Å². The van der Waals surface area contributed by atoms with Gasteiger partial charge in [-0.05, 0) is 36.2 Å². The SMILES string of the molecule is COc1ccccc1C(=O)N1CCN(C(=O)C(C)Cc2ccc(F)cc2)CC1. The molecule has 2 aromatic rings. The summed E-state index contributed by atoms with van der Waals surface area (Å²) in [5.41, 5.74) is 1.47. The third-order valence-corrected chi connectivity index (χ3v) is 5.09. The molecule has 1 saturated heterocycles. The van der Waals surface area contributed by atoms with Gasteiger partial charge in [0.25, 0.3) is 5.91 Å². The summed E-state index contributed by atoms with van der Waals surface area (Å²) < 4.78 is 18.3. The largest absolute Gasteiger partial charge is 0.496 e. The summed E-state index contributed by atoms with van der Waals surface area (Å²) in [7, 11) is 1.55. The molecule has 1 fully saturated rings. The molecule has 28 heavy (non-hydrogen) atoms. The third kappa shape index (κ3) is 4.50. The number of methoxy groups -OCH3 is 1. The van der Waals surface area contributed by atoms with Gasteiger partial charge < -0.3 is 14.5 Å². The number of hydrogen-bond acceptors (Lipinski definition) is 3. The Hall–Kier alpha value is -2.89. The van der Waals surface area contributed by atoms with E-state index < -0.39 is 0 Å². The van der Waals surface area contributed by atoms with Crippen LogP contribution in [0.5, 0.6) is 5.75 Å². The molecule has 0 radical (unpaired) electrons. The number of amides is 2. The highest BCUT2D eigenvalue weighted by molar-refractivity contribution is 5.97. The monoisotopic (exact) mass is 384 g/mol. The van der Waals surface area contributed by atoms with Gasteiger partial charge in [0.2, 0.25) is 5.91 Å². The van der Waals surface area contributed by atoms with Gasteiger partial charge in [-0.25, -0.2) is 4.39 Å². The van der Waals surface area contributed by atoms with Crippen molar-refractivity contribution < 1.29 is 18.7 Å². The van der Waals surface area contributed by atoms with E-state index in [0.717, 1.165) is 5.56 Å². The van der Waals surface area contributed by atoms with E-state index in [2.05, 4.69) is 0 Å². The second kappa shape index (κ2) is 8.87. The van der Waals surface area contributed by atoms with Crippen molar-refractivity contribution in [2.24, 2.45) is 5.92 Å². The molecule has 148 valence electrons. The van der Waals surface area contributed by atoms with E-state index in [1.807, 2.05) is 19.1 Å². The van der Waals surface area contributed by atoms with E-state index in [0.29, 0.717) is 43.9 Å². The third-order valence-electron chi connectivity index (χ3n) is 5.09. The Kier molecular flexibility index (Phi) is 6.29. The summed E-state index contributed by atoms with van der Waals surface area (Å²) >= 11 is 0. The van der Waals surface area contributed by atoms with Gasteiger partial charge in [0.1, 0.15) is 11.6 Å². The molecule has 0 saturated carbocycles. The van der Waals surface area contributed by atoms with Gasteiger partial charge in [-0.1, -0.05) is 31.2 Å². The van der Waals surface area contributed by atoms with Crippen molar-refractivity contribution in [1.82, 2.24) is 9.80 Å². The standard InChI is InChI=1S/C22H25FN2O3/c1-16(15-17-7-9-18(23)10-8-17)21(26)24-11-13-25(14-12-24)22(27)19-5-3-4-6-20(19)28-2/h3-10,16H,11-15H2,1-2H3. The predicted octanol–water partition coefficient (Wildman–Crippen LogP) is 3.00. The Morgan fingerprint density at radius 3 is 2.25 bits per heavy atom. The number of ether oxygens (including phenoxy) is 1. The van der Waals surface area contributed by atoms with Gasteiger partial charge in [-0.3, -0.25) is 9.59 Å². The summed E-state index contributed by atoms with van der Waals surface area (Å²) in [5.74, 6) is 0.0667. The molecule has 0 bridgehead atoms. The molecular weight excluding hydrogens is 359 g/mol. The Morgan fingerprint density at radius 2 is 1.61 bits per heavy atom. The van der Waals surface area contributed by atoms with Crippen LogP contribution in [0, 0.1) is 11.7 Å². The molecule has 1 aliphatic heterocycles. The number of halogens is 1. The highest BCUT2D eigenvalue weighted by Crippen LogP contribution is 2.21. The summed E-state index contributed by atoms with van der Waals surface area (Å²) in [6, 6.07) is 13.4. The van der Waals surface area contributed by atoms with E-state index in [1.165, 1.54) is 12.1 Å². The maximum Gasteiger partial charge on any atom is 0.257 e. The number of piperazine rings is 1. The lowest BCUT2D eigenvalue weighted by Crippen LogP contribution is -2.52. The molecule has 0 aromatic heterocycles. The van der Waals surface area contributed by atoms with Crippen molar-refractivity contribution >= 4 is 11.8 Å². The van der Waals surface area contributed by atoms with Gasteiger partial charge in [-0.2, -0.15) is 0 Å². The maximum absolute atomic E-state index is 13.0. The van der Waals surface area contributed by atoms with Crippen molar-refractivity contribution in [3.05, 3.63) is 65.5 Å². The normalized spacial score (nSPS) is 15.2. The first-order valence-corrected chi connectivity index (χ1v) is 9.45. The summed E-state index contributed by atoms with van der Waals surface area (Å²) in [4.78, 5) is 29.1. The molecule has 2 aromatic carbocycles. The molecule has 5 nitrogen and oxygen atoms in total. The van der Waals surface area contributed by atoms with E-state index in [1.54, 1.807) is 41.2 Å². The highest BCUT2D eigenvalue weighted by Gasteiger charge is 2.28. The Labute approximate surface area is 164 Å². The molecule has 0 spiro atoms. The minimum atomic E-state index is -0.279. The maximum atomic E-state index is 13.0. The summed E-state index contributed by atoms with van der Waals surface area (Å²) in [6.07, 6.45) is 0.569. The van der Waals surface area contributed by atoms with E-state index in [-0.39, 0.29) is 23.5 Å². The van der Waals surface area contributed by atoms with Gasteiger partial charge in [-0.15, -0.1) is 0 Å². The van der Waals surface area contributed by atoms with Crippen LogP contribution in [-0.4, -0.2) is 54.9 Å².